The number of carbonyl (C=O) groups is 2. The number of benzene rings is 1. The molecule has 160 valence electrons. The Bertz CT molecular complexity index is 867. The van der Waals surface area contributed by atoms with Crippen LogP contribution in [-0.4, -0.2) is 72.3 Å². The van der Waals surface area contributed by atoms with E-state index < -0.39 is 0 Å². The fraction of sp³-hybridized carbons (Fsp3) is 0.478. The lowest BCUT2D eigenvalue weighted by Crippen LogP contribution is -2.51. The molecule has 0 aliphatic carbocycles. The zero-order chi connectivity index (χ0) is 20.9. The summed E-state index contributed by atoms with van der Waals surface area (Å²) in [5.41, 5.74) is 0.914. The molecule has 2 fully saturated rings. The van der Waals surface area contributed by atoms with Crippen molar-refractivity contribution in [2.24, 2.45) is 0 Å². The molecule has 0 radical (unpaired) electrons. The first kappa shape index (κ1) is 21.0. The number of nitrogens with zero attached hydrogens (tertiary/aromatic N) is 3. The van der Waals surface area contributed by atoms with Crippen molar-refractivity contribution in [1.82, 2.24) is 14.7 Å². The van der Waals surface area contributed by atoms with Crippen molar-refractivity contribution in [2.45, 2.75) is 25.7 Å². The van der Waals surface area contributed by atoms with E-state index in [2.05, 4.69) is 4.90 Å². The molecule has 30 heavy (non-hydrogen) atoms. The Balaban J connectivity index is 1.29. The summed E-state index contributed by atoms with van der Waals surface area (Å²) in [6.45, 7) is 4.93. The number of carbonyl (C=O) groups excluding carboxylic acids is 2. The normalized spacial score (nSPS) is 18.3. The molecule has 0 N–H and O–H groups in total. The maximum absolute atomic E-state index is 13.1. The predicted octanol–water partition coefficient (Wildman–Crippen LogP) is 3.71. The van der Waals surface area contributed by atoms with Gasteiger partial charge in [0.1, 0.15) is 5.82 Å². The first-order chi connectivity index (χ1) is 14.6. The van der Waals surface area contributed by atoms with Crippen LogP contribution in [0.15, 0.2) is 36.4 Å². The molecule has 7 heteroatoms. The molecule has 4 rings (SSSR count). The number of piperazine rings is 1. The summed E-state index contributed by atoms with van der Waals surface area (Å²) < 4.78 is 13.1. The highest BCUT2D eigenvalue weighted by molar-refractivity contribution is 7.17. The van der Waals surface area contributed by atoms with Gasteiger partial charge in [-0.2, -0.15) is 0 Å². The fourth-order valence-electron chi connectivity index (χ4n) is 4.10. The Kier molecular flexibility index (Phi) is 6.79. The van der Waals surface area contributed by atoms with Gasteiger partial charge in [-0.25, -0.2) is 4.39 Å². The standard InChI is InChI=1S/C23H28FN3O2S/c24-19-7-5-18(6-8-19)20-9-10-21(30-20)23(29)27-15-13-25(14-16-27)17-22(28)26-11-3-1-2-4-12-26/h5-10H,1-4,11-17H2. The van der Waals surface area contributed by atoms with Crippen molar-refractivity contribution in [2.75, 3.05) is 45.8 Å². The Labute approximate surface area is 181 Å². The third kappa shape index (κ3) is 5.08. The van der Waals surface area contributed by atoms with Gasteiger partial charge in [0.2, 0.25) is 5.91 Å². The van der Waals surface area contributed by atoms with Crippen LogP contribution in [0.3, 0.4) is 0 Å². The number of halogens is 1. The van der Waals surface area contributed by atoms with Gasteiger partial charge in [-0.3, -0.25) is 14.5 Å². The molecule has 2 amide bonds. The largest absolute Gasteiger partial charge is 0.342 e. The highest BCUT2D eigenvalue weighted by Gasteiger charge is 2.26. The molecule has 1 aromatic carbocycles. The highest BCUT2D eigenvalue weighted by atomic mass is 32.1. The highest BCUT2D eigenvalue weighted by Crippen LogP contribution is 2.29. The van der Waals surface area contributed by atoms with Crippen LogP contribution in [0, 0.1) is 5.82 Å². The van der Waals surface area contributed by atoms with Gasteiger partial charge in [-0.05, 0) is 42.7 Å². The third-order valence-electron chi connectivity index (χ3n) is 5.92. The quantitative estimate of drug-likeness (QED) is 0.744. The van der Waals surface area contributed by atoms with E-state index in [0.29, 0.717) is 24.5 Å². The Hall–Kier alpha value is -2.25. The van der Waals surface area contributed by atoms with Crippen LogP contribution in [0.5, 0.6) is 0 Å². The predicted molar refractivity (Wildman–Crippen MR) is 117 cm³/mol. The molecule has 0 bridgehead atoms. The lowest BCUT2D eigenvalue weighted by atomic mass is 10.2. The van der Waals surface area contributed by atoms with E-state index in [1.54, 1.807) is 12.1 Å². The van der Waals surface area contributed by atoms with Crippen LogP contribution >= 0.6 is 11.3 Å². The van der Waals surface area contributed by atoms with Gasteiger partial charge in [0.15, 0.2) is 0 Å². The molecular weight excluding hydrogens is 401 g/mol. The van der Waals surface area contributed by atoms with Crippen molar-refractivity contribution >= 4 is 23.2 Å². The molecule has 2 aliphatic rings. The van der Waals surface area contributed by atoms with Crippen molar-refractivity contribution in [3.63, 3.8) is 0 Å². The topological polar surface area (TPSA) is 43.9 Å². The molecule has 5 nitrogen and oxygen atoms in total. The average molecular weight is 430 g/mol. The van der Waals surface area contributed by atoms with Gasteiger partial charge >= 0.3 is 0 Å². The second-order valence-electron chi connectivity index (χ2n) is 8.03. The molecular formula is C23H28FN3O2S. The van der Waals surface area contributed by atoms with Gasteiger partial charge in [-0.15, -0.1) is 11.3 Å². The smallest absolute Gasteiger partial charge is 0.264 e. The zero-order valence-electron chi connectivity index (χ0n) is 17.2. The zero-order valence-corrected chi connectivity index (χ0v) is 18.0. The fourth-order valence-corrected chi connectivity index (χ4v) is 5.08. The molecule has 2 saturated heterocycles. The summed E-state index contributed by atoms with van der Waals surface area (Å²) >= 11 is 1.44. The summed E-state index contributed by atoms with van der Waals surface area (Å²) in [6, 6.07) is 10.1. The van der Waals surface area contributed by atoms with Crippen LogP contribution in [0.1, 0.15) is 35.4 Å². The van der Waals surface area contributed by atoms with Gasteiger partial charge in [-0.1, -0.05) is 25.0 Å². The van der Waals surface area contributed by atoms with Gasteiger partial charge in [0, 0.05) is 44.1 Å². The van der Waals surface area contributed by atoms with E-state index in [1.165, 1.54) is 36.3 Å². The molecule has 2 aliphatic heterocycles. The summed E-state index contributed by atoms with van der Waals surface area (Å²) in [5.74, 6) is -0.00969. The average Bonchev–Trinajstić information content (AvgIpc) is 3.09. The third-order valence-corrected chi connectivity index (χ3v) is 7.04. The molecule has 0 atom stereocenters. The van der Waals surface area contributed by atoms with Crippen molar-refractivity contribution < 1.29 is 14.0 Å². The number of amides is 2. The SMILES string of the molecule is O=C(CN1CCN(C(=O)c2ccc(-c3ccc(F)cc3)s2)CC1)N1CCCCCC1. The maximum atomic E-state index is 13.1. The minimum Gasteiger partial charge on any atom is -0.342 e. The van der Waals surface area contributed by atoms with Crippen molar-refractivity contribution in [1.29, 1.82) is 0 Å². The molecule has 0 unspecified atom stereocenters. The van der Waals surface area contributed by atoms with Crippen molar-refractivity contribution in [3.05, 3.63) is 47.1 Å². The van der Waals surface area contributed by atoms with Gasteiger partial charge in [0.05, 0.1) is 11.4 Å². The van der Waals surface area contributed by atoms with E-state index in [0.717, 1.165) is 49.5 Å². The Morgan fingerprint density at radius 1 is 0.800 bits per heavy atom. The summed E-state index contributed by atoms with van der Waals surface area (Å²) in [6.07, 6.45) is 4.65. The number of rotatable bonds is 4. The molecule has 0 saturated carbocycles. The molecule has 0 spiro atoms. The Morgan fingerprint density at radius 3 is 2.13 bits per heavy atom. The van der Waals surface area contributed by atoms with E-state index in [-0.39, 0.29) is 17.6 Å². The van der Waals surface area contributed by atoms with E-state index in [4.69, 9.17) is 0 Å². The van der Waals surface area contributed by atoms with E-state index in [1.807, 2.05) is 21.9 Å². The number of hydrogen-bond acceptors (Lipinski definition) is 4. The number of thiophene rings is 1. The first-order valence-corrected chi connectivity index (χ1v) is 11.6. The van der Waals surface area contributed by atoms with Crippen LogP contribution in [0.2, 0.25) is 0 Å². The lowest BCUT2D eigenvalue weighted by molar-refractivity contribution is -0.132. The second kappa shape index (κ2) is 9.71. The lowest BCUT2D eigenvalue weighted by Gasteiger charge is -2.35. The Morgan fingerprint density at radius 2 is 1.47 bits per heavy atom. The molecule has 2 aromatic rings. The first-order valence-electron chi connectivity index (χ1n) is 10.8. The van der Waals surface area contributed by atoms with Crippen molar-refractivity contribution in [3.8, 4) is 10.4 Å². The van der Waals surface area contributed by atoms with Crippen LogP contribution in [0.4, 0.5) is 4.39 Å². The van der Waals surface area contributed by atoms with E-state index >= 15 is 0 Å². The van der Waals surface area contributed by atoms with Gasteiger partial charge in [0.25, 0.3) is 5.91 Å². The van der Waals surface area contributed by atoms with Crippen LogP contribution in [-0.2, 0) is 4.79 Å². The van der Waals surface area contributed by atoms with Crippen LogP contribution < -0.4 is 0 Å². The van der Waals surface area contributed by atoms with E-state index in [9.17, 15) is 14.0 Å². The maximum Gasteiger partial charge on any atom is 0.264 e. The minimum absolute atomic E-state index is 0.0341. The second-order valence-corrected chi connectivity index (χ2v) is 9.12. The monoisotopic (exact) mass is 429 g/mol. The van der Waals surface area contributed by atoms with Crippen LogP contribution in [0.25, 0.3) is 10.4 Å². The number of likely N-dealkylation sites (tertiary alicyclic amines) is 1. The molecule has 3 heterocycles. The minimum atomic E-state index is -0.265. The molecule has 1 aromatic heterocycles. The number of hydrogen-bond donors (Lipinski definition) is 0. The summed E-state index contributed by atoms with van der Waals surface area (Å²) in [7, 11) is 0. The van der Waals surface area contributed by atoms with Gasteiger partial charge < -0.3 is 9.80 Å². The summed E-state index contributed by atoms with van der Waals surface area (Å²) in [5, 5.41) is 0. The summed E-state index contributed by atoms with van der Waals surface area (Å²) in [4.78, 5) is 33.2.